The lowest BCUT2D eigenvalue weighted by Gasteiger charge is -2.03. The molecule has 0 unspecified atom stereocenters. The first-order valence-electron chi connectivity index (χ1n) is 3.19. The van der Waals surface area contributed by atoms with Crippen LogP contribution in [0.3, 0.4) is 0 Å². The van der Waals surface area contributed by atoms with Crippen LogP contribution in [0.5, 0.6) is 5.88 Å². The van der Waals surface area contributed by atoms with Crippen molar-refractivity contribution in [2.24, 2.45) is 0 Å². The molecule has 0 radical (unpaired) electrons. The van der Waals surface area contributed by atoms with E-state index >= 15 is 0 Å². The van der Waals surface area contributed by atoms with Crippen molar-refractivity contribution in [2.45, 2.75) is 0 Å². The summed E-state index contributed by atoms with van der Waals surface area (Å²) in [6, 6.07) is 3.63. The van der Waals surface area contributed by atoms with Crippen LogP contribution >= 0.6 is 15.9 Å². The first-order valence-corrected chi connectivity index (χ1v) is 3.98. The molecule has 0 fully saturated rings. The maximum absolute atomic E-state index is 8.45. The summed E-state index contributed by atoms with van der Waals surface area (Å²) < 4.78 is 5.88. The zero-order chi connectivity index (χ0) is 8.10. The van der Waals surface area contributed by atoms with Gasteiger partial charge >= 0.3 is 0 Å². The molecule has 4 heteroatoms. The molecule has 60 valence electrons. The van der Waals surface area contributed by atoms with Gasteiger partial charge in [-0.1, -0.05) is 0 Å². The Labute approximate surface area is 73.2 Å². The van der Waals surface area contributed by atoms with E-state index in [1.165, 1.54) is 0 Å². The van der Waals surface area contributed by atoms with Gasteiger partial charge in [0, 0.05) is 6.20 Å². The van der Waals surface area contributed by atoms with Crippen molar-refractivity contribution in [3.63, 3.8) is 0 Å². The summed E-state index contributed by atoms with van der Waals surface area (Å²) in [5.41, 5.74) is 0. The Balaban J connectivity index is 2.62. The van der Waals surface area contributed by atoms with Crippen LogP contribution in [0.4, 0.5) is 0 Å². The van der Waals surface area contributed by atoms with E-state index in [4.69, 9.17) is 9.84 Å². The van der Waals surface area contributed by atoms with Crippen LogP contribution in [0.2, 0.25) is 0 Å². The van der Waals surface area contributed by atoms with Gasteiger partial charge in [-0.3, -0.25) is 0 Å². The van der Waals surface area contributed by atoms with E-state index in [-0.39, 0.29) is 13.2 Å². The van der Waals surface area contributed by atoms with Gasteiger partial charge in [-0.2, -0.15) is 0 Å². The Kier molecular flexibility index (Phi) is 3.32. The molecule has 0 saturated carbocycles. The minimum absolute atomic E-state index is 0.00299. The summed E-state index contributed by atoms with van der Waals surface area (Å²) in [6.07, 6.45) is 1.64. The highest BCUT2D eigenvalue weighted by molar-refractivity contribution is 9.10. The summed E-state index contributed by atoms with van der Waals surface area (Å²) >= 11 is 3.26. The quantitative estimate of drug-likeness (QED) is 0.829. The molecule has 1 N–H and O–H groups in total. The van der Waals surface area contributed by atoms with Gasteiger partial charge in [0.25, 0.3) is 0 Å². The molecular formula is C7H8BrNO2. The van der Waals surface area contributed by atoms with Gasteiger partial charge < -0.3 is 9.84 Å². The van der Waals surface area contributed by atoms with E-state index in [0.29, 0.717) is 5.88 Å². The van der Waals surface area contributed by atoms with Gasteiger partial charge in [-0.05, 0) is 28.1 Å². The molecule has 1 heterocycles. The van der Waals surface area contributed by atoms with Crippen LogP contribution < -0.4 is 4.74 Å². The second kappa shape index (κ2) is 4.31. The number of ether oxygens (including phenoxy) is 1. The van der Waals surface area contributed by atoms with E-state index < -0.39 is 0 Å². The van der Waals surface area contributed by atoms with Crippen molar-refractivity contribution in [3.8, 4) is 5.88 Å². The van der Waals surface area contributed by atoms with Crippen LogP contribution in [0.25, 0.3) is 0 Å². The minimum Gasteiger partial charge on any atom is -0.474 e. The maximum Gasteiger partial charge on any atom is 0.228 e. The number of aliphatic hydroxyl groups is 1. The number of rotatable bonds is 3. The largest absolute Gasteiger partial charge is 0.474 e. The fourth-order valence-corrected chi connectivity index (χ4v) is 0.989. The third kappa shape index (κ3) is 2.48. The number of pyridine rings is 1. The summed E-state index contributed by atoms with van der Waals surface area (Å²) in [7, 11) is 0. The lowest BCUT2D eigenvalue weighted by Crippen LogP contribution is -2.03. The van der Waals surface area contributed by atoms with Crippen LogP contribution in [-0.4, -0.2) is 23.3 Å². The van der Waals surface area contributed by atoms with Crippen LogP contribution in [0.15, 0.2) is 22.8 Å². The highest BCUT2D eigenvalue weighted by atomic mass is 79.9. The van der Waals surface area contributed by atoms with Gasteiger partial charge in [0.1, 0.15) is 6.61 Å². The molecule has 0 aliphatic rings. The Morgan fingerprint density at radius 3 is 3.09 bits per heavy atom. The lowest BCUT2D eigenvalue weighted by molar-refractivity contribution is 0.196. The fourth-order valence-electron chi connectivity index (χ4n) is 0.620. The van der Waals surface area contributed by atoms with Crippen molar-refractivity contribution in [3.05, 3.63) is 22.8 Å². The van der Waals surface area contributed by atoms with E-state index in [9.17, 15) is 0 Å². The average molecular weight is 218 g/mol. The maximum atomic E-state index is 8.45. The average Bonchev–Trinajstić information content (AvgIpc) is 2.03. The summed E-state index contributed by atoms with van der Waals surface area (Å²) in [5.74, 6) is 0.515. The number of nitrogens with zero attached hydrogens (tertiary/aromatic N) is 1. The molecule has 1 aromatic heterocycles. The molecule has 0 amide bonds. The summed E-state index contributed by atoms with van der Waals surface area (Å²) in [6.45, 7) is 0.276. The predicted molar refractivity (Wildman–Crippen MR) is 44.5 cm³/mol. The van der Waals surface area contributed by atoms with Gasteiger partial charge in [-0.25, -0.2) is 4.98 Å². The molecule has 1 rings (SSSR count). The first kappa shape index (κ1) is 8.49. The van der Waals surface area contributed by atoms with E-state index in [1.54, 1.807) is 12.3 Å². The standard InChI is InChI=1S/C7H8BrNO2/c8-6-2-1-3-9-7(6)11-5-4-10/h1-3,10H,4-5H2. The molecule has 0 bridgehead atoms. The van der Waals surface area contributed by atoms with Crippen LogP contribution in [0, 0.1) is 0 Å². The first-order chi connectivity index (χ1) is 5.34. The summed E-state index contributed by atoms with van der Waals surface area (Å²) in [4.78, 5) is 3.94. The predicted octanol–water partition coefficient (Wildman–Crippen LogP) is 1.22. The number of aromatic nitrogens is 1. The third-order valence-electron chi connectivity index (χ3n) is 1.05. The zero-order valence-corrected chi connectivity index (χ0v) is 7.41. The molecule has 3 nitrogen and oxygen atoms in total. The molecule has 11 heavy (non-hydrogen) atoms. The fraction of sp³-hybridized carbons (Fsp3) is 0.286. The molecule has 0 aliphatic carbocycles. The highest BCUT2D eigenvalue weighted by Crippen LogP contribution is 2.20. The number of hydrogen-bond acceptors (Lipinski definition) is 3. The van der Waals surface area contributed by atoms with Crippen molar-refractivity contribution in [1.82, 2.24) is 4.98 Å². The molecule has 0 spiro atoms. The van der Waals surface area contributed by atoms with Crippen LogP contribution in [0.1, 0.15) is 0 Å². The molecule has 0 aliphatic heterocycles. The lowest BCUT2D eigenvalue weighted by atomic mass is 10.5. The van der Waals surface area contributed by atoms with Crippen molar-refractivity contribution < 1.29 is 9.84 Å². The Morgan fingerprint density at radius 2 is 2.45 bits per heavy atom. The second-order valence-electron chi connectivity index (χ2n) is 1.86. The van der Waals surface area contributed by atoms with Gasteiger partial charge in [0.2, 0.25) is 5.88 Å². The van der Waals surface area contributed by atoms with Gasteiger partial charge in [0.15, 0.2) is 0 Å². The normalized spacial score (nSPS) is 9.64. The highest BCUT2D eigenvalue weighted by Gasteiger charge is 1.98. The Morgan fingerprint density at radius 1 is 1.64 bits per heavy atom. The van der Waals surface area contributed by atoms with E-state index in [1.807, 2.05) is 6.07 Å². The smallest absolute Gasteiger partial charge is 0.228 e. The molecule has 1 aromatic rings. The van der Waals surface area contributed by atoms with Crippen LogP contribution in [-0.2, 0) is 0 Å². The van der Waals surface area contributed by atoms with E-state index in [0.717, 1.165) is 4.47 Å². The molecule has 0 atom stereocenters. The Hall–Kier alpha value is -0.610. The van der Waals surface area contributed by atoms with Gasteiger partial charge in [-0.15, -0.1) is 0 Å². The van der Waals surface area contributed by atoms with E-state index in [2.05, 4.69) is 20.9 Å². The number of halogens is 1. The topological polar surface area (TPSA) is 42.4 Å². The minimum atomic E-state index is 0.00299. The number of hydrogen-bond donors (Lipinski definition) is 1. The van der Waals surface area contributed by atoms with Gasteiger partial charge in [0.05, 0.1) is 11.1 Å². The Bertz CT molecular complexity index is 229. The van der Waals surface area contributed by atoms with Crippen molar-refractivity contribution >= 4 is 15.9 Å². The third-order valence-corrected chi connectivity index (χ3v) is 1.66. The van der Waals surface area contributed by atoms with Crippen molar-refractivity contribution in [1.29, 1.82) is 0 Å². The summed E-state index contributed by atoms with van der Waals surface area (Å²) in [5, 5.41) is 8.45. The molecular weight excluding hydrogens is 210 g/mol. The van der Waals surface area contributed by atoms with Crippen molar-refractivity contribution in [2.75, 3.05) is 13.2 Å². The zero-order valence-electron chi connectivity index (χ0n) is 5.83. The second-order valence-corrected chi connectivity index (χ2v) is 2.72. The SMILES string of the molecule is OCCOc1ncccc1Br. The molecule has 0 aromatic carbocycles. The monoisotopic (exact) mass is 217 g/mol. The molecule has 0 saturated heterocycles. The number of aliphatic hydroxyl groups excluding tert-OH is 1.